The normalized spacial score (nSPS) is 20.1. The molecule has 1 aliphatic rings. The molecule has 1 saturated carbocycles. The van der Waals surface area contributed by atoms with Crippen molar-refractivity contribution in [1.29, 1.82) is 0 Å². The average Bonchev–Trinajstić information content (AvgIpc) is 2.03. The van der Waals surface area contributed by atoms with E-state index in [1.165, 1.54) is 24.8 Å². The highest BCUT2D eigenvalue weighted by atomic mass is 14.3. The minimum absolute atomic E-state index is 0.528. The Labute approximate surface area is 74.6 Å². The Bertz CT molecular complexity index is 233. The van der Waals surface area contributed by atoms with Crippen molar-refractivity contribution in [2.75, 3.05) is 0 Å². The first kappa shape index (κ1) is 7.85. The number of benzene rings is 1. The third-order valence-corrected chi connectivity index (χ3v) is 2.95. The van der Waals surface area contributed by atoms with Gasteiger partial charge in [-0.25, -0.2) is 0 Å². The van der Waals surface area contributed by atoms with E-state index in [2.05, 4.69) is 37.3 Å². The van der Waals surface area contributed by atoms with Gasteiger partial charge in [-0.3, -0.25) is 0 Å². The summed E-state index contributed by atoms with van der Waals surface area (Å²) in [5.41, 5.74) is 1.40. The molecule has 1 atom stereocenters. The van der Waals surface area contributed by atoms with Gasteiger partial charge in [0.15, 0.2) is 0 Å². The molecule has 0 heteroatoms. The van der Waals surface area contributed by atoms with Crippen molar-refractivity contribution in [2.24, 2.45) is 5.92 Å². The molecule has 0 nitrogen and oxygen atoms in total. The number of hydrogen-bond acceptors (Lipinski definition) is 0. The maximum atomic E-state index is 4.23. The fraction of sp³-hybridized carbons (Fsp3) is 0.417. The maximum Gasteiger partial charge on any atom is -0.0133 e. The van der Waals surface area contributed by atoms with Gasteiger partial charge in [-0.2, -0.15) is 0 Å². The van der Waals surface area contributed by atoms with Gasteiger partial charge in [0.25, 0.3) is 0 Å². The van der Waals surface area contributed by atoms with Crippen LogP contribution in [-0.4, -0.2) is 0 Å². The summed E-state index contributed by atoms with van der Waals surface area (Å²) in [4.78, 5) is 0. The topological polar surface area (TPSA) is 0 Å². The van der Waals surface area contributed by atoms with Crippen molar-refractivity contribution in [3.63, 3.8) is 0 Å². The zero-order valence-corrected chi connectivity index (χ0v) is 7.37. The van der Waals surface area contributed by atoms with Crippen LogP contribution in [0.5, 0.6) is 0 Å². The van der Waals surface area contributed by atoms with Crippen LogP contribution in [0.25, 0.3) is 0 Å². The maximum absolute atomic E-state index is 4.23. The standard InChI is InChI=1S/C12H15/c1-10(12-8-5-9-12)11-6-3-2-4-7-11/h2-4,6-7,10,12H,1,5,8-9H2. The van der Waals surface area contributed by atoms with Gasteiger partial charge in [-0.1, -0.05) is 36.8 Å². The van der Waals surface area contributed by atoms with Gasteiger partial charge in [0.05, 0.1) is 0 Å². The lowest BCUT2D eigenvalue weighted by molar-refractivity contribution is 0.287. The molecule has 2 rings (SSSR count). The van der Waals surface area contributed by atoms with Gasteiger partial charge >= 0.3 is 0 Å². The lowest BCUT2D eigenvalue weighted by Gasteiger charge is -2.31. The molecule has 0 bridgehead atoms. The van der Waals surface area contributed by atoms with E-state index in [-0.39, 0.29) is 0 Å². The molecule has 1 aromatic rings. The molecule has 0 spiro atoms. The smallest absolute Gasteiger partial charge is 0.0133 e. The van der Waals surface area contributed by atoms with Crippen LogP contribution >= 0.6 is 0 Å². The third kappa shape index (κ3) is 1.38. The summed E-state index contributed by atoms with van der Waals surface area (Å²) in [6.45, 7) is 4.23. The molecule has 0 amide bonds. The summed E-state index contributed by atoms with van der Waals surface area (Å²) in [7, 11) is 0. The van der Waals surface area contributed by atoms with E-state index < -0.39 is 0 Å². The van der Waals surface area contributed by atoms with E-state index >= 15 is 0 Å². The van der Waals surface area contributed by atoms with Crippen LogP contribution in [0.1, 0.15) is 30.7 Å². The monoisotopic (exact) mass is 159 g/mol. The molecular formula is C12H15. The van der Waals surface area contributed by atoms with Crippen molar-refractivity contribution in [1.82, 2.24) is 0 Å². The highest BCUT2D eigenvalue weighted by molar-refractivity contribution is 5.21. The predicted molar refractivity (Wildman–Crippen MR) is 51.9 cm³/mol. The van der Waals surface area contributed by atoms with Crippen LogP contribution in [0.2, 0.25) is 0 Å². The van der Waals surface area contributed by atoms with E-state index in [9.17, 15) is 0 Å². The van der Waals surface area contributed by atoms with Crippen molar-refractivity contribution in [3.8, 4) is 0 Å². The molecule has 12 heavy (non-hydrogen) atoms. The van der Waals surface area contributed by atoms with Crippen LogP contribution in [0.15, 0.2) is 30.3 Å². The second-order valence-electron chi connectivity index (χ2n) is 3.71. The van der Waals surface area contributed by atoms with Crippen molar-refractivity contribution < 1.29 is 0 Å². The van der Waals surface area contributed by atoms with Gasteiger partial charge in [0, 0.05) is 0 Å². The zero-order valence-electron chi connectivity index (χ0n) is 7.37. The van der Waals surface area contributed by atoms with Crippen LogP contribution in [0.3, 0.4) is 0 Å². The molecule has 0 aromatic heterocycles. The van der Waals surface area contributed by atoms with E-state index in [1.54, 1.807) is 0 Å². The fourth-order valence-corrected chi connectivity index (χ4v) is 1.81. The molecule has 1 aromatic carbocycles. The predicted octanol–water partition coefficient (Wildman–Crippen LogP) is 3.40. The Morgan fingerprint density at radius 2 is 1.83 bits per heavy atom. The molecule has 1 radical (unpaired) electrons. The number of rotatable bonds is 2. The van der Waals surface area contributed by atoms with Gasteiger partial charge in [-0.05, 0) is 37.2 Å². The highest BCUT2D eigenvalue weighted by Gasteiger charge is 2.24. The first-order valence-corrected chi connectivity index (χ1v) is 4.76. The Morgan fingerprint density at radius 3 is 2.33 bits per heavy atom. The SMILES string of the molecule is [CH2]C(c1ccccc1)C1CCC1. The summed E-state index contributed by atoms with van der Waals surface area (Å²) >= 11 is 0. The minimum Gasteiger partial charge on any atom is -0.0622 e. The molecular weight excluding hydrogens is 144 g/mol. The summed E-state index contributed by atoms with van der Waals surface area (Å²) in [5.74, 6) is 1.38. The lowest BCUT2D eigenvalue weighted by atomic mass is 9.74. The quantitative estimate of drug-likeness (QED) is 0.620. The first-order valence-electron chi connectivity index (χ1n) is 4.76. The van der Waals surface area contributed by atoms with Gasteiger partial charge < -0.3 is 0 Å². The van der Waals surface area contributed by atoms with Crippen molar-refractivity contribution in [3.05, 3.63) is 42.8 Å². The molecule has 0 heterocycles. The Kier molecular flexibility index (Phi) is 2.16. The van der Waals surface area contributed by atoms with Gasteiger partial charge in [0.2, 0.25) is 0 Å². The largest absolute Gasteiger partial charge is 0.0622 e. The van der Waals surface area contributed by atoms with Crippen LogP contribution in [0, 0.1) is 12.8 Å². The summed E-state index contributed by atoms with van der Waals surface area (Å²) < 4.78 is 0. The van der Waals surface area contributed by atoms with Crippen LogP contribution < -0.4 is 0 Å². The van der Waals surface area contributed by atoms with E-state index in [0.717, 1.165) is 5.92 Å². The summed E-state index contributed by atoms with van der Waals surface area (Å²) in [5, 5.41) is 0. The zero-order chi connectivity index (χ0) is 8.39. The molecule has 1 unspecified atom stereocenters. The number of hydrogen-bond donors (Lipinski definition) is 0. The molecule has 0 N–H and O–H groups in total. The summed E-state index contributed by atoms with van der Waals surface area (Å²) in [6.07, 6.45) is 4.16. The third-order valence-electron chi connectivity index (χ3n) is 2.95. The second-order valence-corrected chi connectivity index (χ2v) is 3.71. The van der Waals surface area contributed by atoms with E-state index in [4.69, 9.17) is 0 Å². The van der Waals surface area contributed by atoms with Crippen molar-refractivity contribution >= 4 is 0 Å². The molecule has 0 aliphatic heterocycles. The second kappa shape index (κ2) is 3.30. The molecule has 0 saturated heterocycles. The lowest BCUT2D eigenvalue weighted by Crippen LogP contribution is -2.18. The van der Waals surface area contributed by atoms with E-state index in [0.29, 0.717) is 5.92 Å². The fourth-order valence-electron chi connectivity index (χ4n) is 1.81. The first-order chi connectivity index (χ1) is 5.88. The Morgan fingerprint density at radius 1 is 1.17 bits per heavy atom. The van der Waals surface area contributed by atoms with Crippen LogP contribution in [0.4, 0.5) is 0 Å². The van der Waals surface area contributed by atoms with E-state index in [1.807, 2.05) is 0 Å². The molecule has 63 valence electrons. The Balaban J connectivity index is 2.08. The minimum atomic E-state index is 0.528. The van der Waals surface area contributed by atoms with Crippen molar-refractivity contribution in [2.45, 2.75) is 25.2 Å². The summed E-state index contributed by atoms with van der Waals surface area (Å²) in [6, 6.07) is 10.7. The van der Waals surface area contributed by atoms with Gasteiger partial charge in [-0.15, -0.1) is 0 Å². The highest BCUT2D eigenvalue weighted by Crippen LogP contribution is 2.38. The van der Waals surface area contributed by atoms with Crippen LogP contribution in [-0.2, 0) is 0 Å². The Hall–Kier alpha value is -0.780. The molecule has 1 aliphatic carbocycles. The van der Waals surface area contributed by atoms with Gasteiger partial charge in [0.1, 0.15) is 0 Å². The average molecular weight is 159 g/mol. The molecule has 1 fully saturated rings.